The molecule has 1 saturated heterocycles. The molecule has 0 N–H and O–H groups in total. The van der Waals surface area contributed by atoms with E-state index in [2.05, 4.69) is 0 Å². The number of fused-ring (bicyclic) bond motifs is 2. The first-order valence-corrected chi connectivity index (χ1v) is 8.92. The van der Waals surface area contributed by atoms with E-state index in [0.29, 0.717) is 13.0 Å². The highest BCUT2D eigenvalue weighted by Gasteiger charge is 2.51. The monoisotopic (exact) mass is 364 g/mol. The molecule has 2 aliphatic heterocycles. The van der Waals surface area contributed by atoms with Crippen molar-refractivity contribution in [1.29, 1.82) is 0 Å². The summed E-state index contributed by atoms with van der Waals surface area (Å²) < 4.78 is 4.91. The fourth-order valence-corrected chi connectivity index (χ4v) is 3.88. The molecule has 0 aliphatic carbocycles. The fourth-order valence-electron chi connectivity index (χ4n) is 3.88. The summed E-state index contributed by atoms with van der Waals surface area (Å²) in [4.78, 5) is 41.2. The van der Waals surface area contributed by atoms with Crippen molar-refractivity contribution in [3.63, 3.8) is 0 Å². The van der Waals surface area contributed by atoms with Gasteiger partial charge in [-0.25, -0.2) is 14.5 Å². The van der Waals surface area contributed by atoms with Gasteiger partial charge in [-0.3, -0.25) is 4.79 Å². The lowest BCUT2D eigenvalue weighted by atomic mass is 9.94. The highest BCUT2D eigenvalue weighted by molar-refractivity contribution is 6.07. The van der Waals surface area contributed by atoms with Gasteiger partial charge in [0.25, 0.3) is 5.91 Å². The van der Waals surface area contributed by atoms with Gasteiger partial charge in [-0.1, -0.05) is 54.6 Å². The van der Waals surface area contributed by atoms with Crippen molar-refractivity contribution in [1.82, 2.24) is 9.80 Å². The van der Waals surface area contributed by atoms with E-state index < -0.39 is 24.1 Å². The van der Waals surface area contributed by atoms with E-state index >= 15 is 0 Å². The summed E-state index contributed by atoms with van der Waals surface area (Å²) in [7, 11) is 1.27. The maximum atomic E-state index is 13.1. The number of hydrogen-bond donors (Lipinski definition) is 0. The Bertz CT molecular complexity index is 853. The van der Waals surface area contributed by atoms with Gasteiger partial charge < -0.3 is 9.64 Å². The number of esters is 1. The third-order valence-electron chi connectivity index (χ3n) is 5.28. The maximum absolute atomic E-state index is 13.1. The zero-order valence-corrected chi connectivity index (χ0v) is 15.0. The largest absolute Gasteiger partial charge is 0.467 e. The van der Waals surface area contributed by atoms with E-state index in [0.717, 1.165) is 21.6 Å². The standard InChI is InChI=1S/C21H20N2O4/c1-27-20(25)18(11-14-7-3-2-4-8-14)23-19(24)17-12-15-9-5-6-10-16(15)13-22(17)21(23)26/h2-10,17-18H,11-13H2,1H3. The molecule has 138 valence electrons. The molecule has 2 atom stereocenters. The van der Waals surface area contributed by atoms with Gasteiger partial charge >= 0.3 is 12.0 Å². The quantitative estimate of drug-likeness (QED) is 0.616. The molecule has 27 heavy (non-hydrogen) atoms. The Balaban J connectivity index is 1.65. The number of amides is 3. The molecule has 2 unspecified atom stereocenters. The Labute approximate surface area is 157 Å². The Morgan fingerprint density at radius 1 is 1.07 bits per heavy atom. The minimum absolute atomic E-state index is 0.235. The van der Waals surface area contributed by atoms with Gasteiger partial charge in [0.2, 0.25) is 0 Å². The van der Waals surface area contributed by atoms with E-state index in [1.165, 1.54) is 7.11 Å². The Kier molecular flexibility index (Phi) is 4.39. The number of benzene rings is 2. The first kappa shape index (κ1) is 17.3. The molecule has 6 nitrogen and oxygen atoms in total. The van der Waals surface area contributed by atoms with Crippen molar-refractivity contribution in [3.8, 4) is 0 Å². The molecule has 2 aromatic rings. The summed E-state index contributed by atoms with van der Waals surface area (Å²) in [5.41, 5.74) is 2.97. The van der Waals surface area contributed by atoms with Crippen molar-refractivity contribution in [2.75, 3.05) is 7.11 Å². The lowest BCUT2D eigenvalue weighted by Gasteiger charge is -2.28. The minimum Gasteiger partial charge on any atom is -0.467 e. The second-order valence-electron chi connectivity index (χ2n) is 6.84. The third-order valence-corrected chi connectivity index (χ3v) is 5.28. The molecule has 2 aromatic carbocycles. The van der Waals surface area contributed by atoms with Crippen LogP contribution in [0.4, 0.5) is 4.79 Å². The van der Waals surface area contributed by atoms with Gasteiger partial charge in [-0.2, -0.15) is 0 Å². The predicted octanol–water partition coefficient (Wildman–Crippen LogP) is 2.16. The number of nitrogens with zero attached hydrogens (tertiary/aromatic N) is 2. The smallest absolute Gasteiger partial charge is 0.329 e. The second kappa shape index (κ2) is 6.87. The van der Waals surface area contributed by atoms with Crippen molar-refractivity contribution < 1.29 is 19.1 Å². The molecule has 2 heterocycles. The van der Waals surface area contributed by atoms with Crippen LogP contribution < -0.4 is 0 Å². The van der Waals surface area contributed by atoms with Crippen molar-refractivity contribution >= 4 is 17.9 Å². The molecule has 1 fully saturated rings. The van der Waals surface area contributed by atoms with E-state index in [1.807, 2.05) is 54.6 Å². The Morgan fingerprint density at radius 3 is 2.44 bits per heavy atom. The topological polar surface area (TPSA) is 66.9 Å². The summed E-state index contributed by atoms with van der Waals surface area (Å²) >= 11 is 0. The zero-order chi connectivity index (χ0) is 19.0. The lowest BCUT2D eigenvalue weighted by Crippen LogP contribution is -2.47. The van der Waals surface area contributed by atoms with Crippen LogP contribution in [0.3, 0.4) is 0 Å². The number of hydrogen-bond acceptors (Lipinski definition) is 4. The first-order chi connectivity index (χ1) is 13.1. The van der Waals surface area contributed by atoms with Crippen LogP contribution >= 0.6 is 0 Å². The van der Waals surface area contributed by atoms with E-state index in [9.17, 15) is 14.4 Å². The molecule has 0 aromatic heterocycles. The van der Waals surface area contributed by atoms with Gasteiger partial charge in [0.15, 0.2) is 0 Å². The normalized spacial score (nSPS) is 19.5. The molecule has 0 radical (unpaired) electrons. The Hall–Kier alpha value is -3.15. The third kappa shape index (κ3) is 2.97. The number of carbonyl (C=O) groups excluding carboxylic acids is 3. The van der Waals surface area contributed by atoms with E-state index in [-0.39, 0.29) is 12.3 Å². The summed E-state index contributed by atoms with van der Waals surface area (Å²) in [6, 6.07) is 15.2. The number of carbonyl (C=O) groups is 3. The average molecular weight is 364 g/mol. The van der Waals surface area contributed by atoms with Crippen LogP contribution in [0.25, 0.3) is 0 Å². The molecule has 0 spiro atoms. The maximum Gasteiger partial charge on any atom is 0.329 e. The molecule has 2 aliphatic rings. The highest BCUT2D eigenvalue weighted by Crippen LogP contribution is 2.31. The summed E-state index contributed by atoms with van der Waals surface area (Å²) in [5.74, 6) is -0.918. The molecule has 4 rings (SSSR count). The fraction of sp³-hybridized carbons (Fsp3) is 0.286. The van der Waals surface area contributed by atoms with Gasteiger partial charge in [0.05, 0.1) is 7.11 Å². The van der Waals surface area contributed by atoms with E-state index in [4.69, 9.17) is 4.74 Å². The van der Waals surface area contributed by atoms with Crippen LogP contribution in [-0.2, 0) is 33.7 Å². The number of imide groups is 1. The van der Waals surface area contributed by atoms with Crippen molar-refractivity contribution in [2.45, 2.75) is 31.5 Å². The van der Waals surface area contributed by atoms with Crippen LogP contribution in [0.1, 0.15) is 16.7 Å². The summed E-state index contributed by atoms with van der Waals surface area (Å²) in [6.45, 7) is 0.376. The first-order valence-electron chi connectivity index (χ1n) is 8.92. The molecule has 6 heteroatoms. The van der Waals surface area contributed by atoms with Crippen molar-refractivity contribution in [3.05, 3.63) is 71.3 Å². The zero-order valence-electron chi connectivity index (χ0n) is 15.0. The number of urea groups is 1. The molecule has 3 amide bonds. The van der Waals surface area contributed by atoms with Gasteiger partial charge in [-0.05, 0) is 16.7 Å². The molecule has 0 saturated carbocycles. The number of methoxy groups -OCH3 is 1. The predicted molar refractivity (Wildman–Crippen MR) is 97.7 cm³/mol. The van der Waals surface area contributed by atoms with Gasteiger partial charge in [0.1, 0.15) is 12.1 Å². The van der Waals surface area contributed by atoms with Crippen LogP contribution in [0.15, 0.2) is 54.6 Å². The van der Waals surface area contributed by atoms with Crippen LogP contribution in [0.5, 0.6) is 0 Å². The lowest BCUT2D eigenvalue weighted by molar-refractivity contribution is -0.149. The summed E-state index contributed by atoms with van der Waals surface area (Å²) in [6.07, 6.45) is 0.703. The molecular weight excluding hydrogens is 344 g/mol. The second-order valence-corrected chi connectivity index (χ2v) is 6.84. The van der Waals surface area contributed by atoms with Gasteiger partial charge in [0, 0.05) is 19.4 Å². The van der Waals surface area contributed by atoms with Crippen LogP contribution in [0.2, 0.25) is 0 Å². The molecule has 0 bridgehead atoms. The molecular formula is C21H20N2O4. The van der Waals surface area contributed by atoms with Gasteiger partial charge in [-0.15, -0.1) is 0 Å². The minimum atomic E-state index is -0.967. The van der Waals surface area contributed by atoms with Crippen molar-refractivity contribution in [2.24, 2.45) is 0 Å². The number of ether oxygens (including phenoxy) is 1. The van der Waals surface area contributed by atoms with Crippen LogP contribution in [-0.4, -0.2) is 46.9 Å². The highest BCUT2D eigenvalue weighted by atomic mass is 16.5. The number of rotatable bonds is 4. The SMILES string of the molecule is COC(=O)C(Cc1ccccc1)N1C(=O)C2Cc3ccccc3CN2C1=O. The Morgan fingerprint density at radius 2 is 1.74 bits per heavy atom. The van der Waals surface area contributed by atoms with Crippen LogP contribution in [0, 0.1) is 0 Å². The summed E-state index contributed by atoms with van der Waals surface area (Å²) in [5, 5.41) is 0. The van der Waals surface area contributed by atoms with E-state index in [1.54, 1.807) is 4.90 Å². The average Bonchev–Trinajstić information content (AvgIpc) is 2.94.